The van der Waals surface area contributed by atoms with E-state index >= 15 is 0 Å². The van der Waals surface area contributed by atoms with Crippen molar-refractivity contribution in [1.82, 2.24) is 5.32 Å². The molecule has 3 heteroatoms. The zero-order valence-electron chi connectivity index (χ0n) is 13.9. The quantitative estimate of drug-likeness (QED) is 0.817. The molecule has 24 heavy (non-hydrogen) atoms. The van der Waals surface area contributed by atoms with Crippen molar-refractivity contribution in [3.8, 4) is 11.1 Å². The number of fused-ring (bicyclic) bond motifs is 3. The van der Waals surface area contributed by atoms with E-state index in [0.29, 0.717) is 12.0 Å². The molecule has 0 spiro atoms. The molecule has 0 bridgehead atoms. The summed E-state index contributed by atoms with van der Waals surface area (Å²) in [6.45, 7) is 3.51. The summed E-state index contributed by atoms with van der Waals surface area (Å²) in [6.07, 6.45) is 5.10. The maximum Gasteiger partial charge on any atom is 0.0438 e. The average Bonchev–Trinajstić information content (AvgIpc) is 2.77. The van der Waals surface area contributed by atoms with E-state index in [4.69, 9.17) is 11.6 Å². The zero-order chi connectivity index (χ0) is 16.1. The van der Waals surface area contributed by atoms with Gasteiger partial charge in [0.15, 0.2) is 0 Å². The van der Waals surface area contributed by atoms with Gasteiger partial charge in [-0.05, 0) is 78.7 Å². The fourth-order valence-corrected chi connectivity index (χ4v) is 5.14. The number of hydrogen-bond acceptors (Lipinski definition) is 2. The fraction of sp³-hybridized carbons (Fsp3) is 0.429. The minimum atomic E-state index is 0.643. The van der Waals surface area contributed by atoms with Gasteiger partial charge in [-0.25, -0.2) is 0 Å². The van der Waals surface area contributed by atoms with Gasteiger partial charge < -0.3 is 10.2 Å². The molecule has 3 heterocycles. The molecule has 2 atom stereocenters. The normalized spacial score (nSPS) is 25.1. The molecule has 2 aromatic carbocycles. The van der Waals surface area contributed by atoms with Gasteiger partial charge in [-0.15, -0.1) is 0 Å². The topological polar surface area (TPSA) is 15.3 Å². The summed E-state index contributed by atoms with van der Waals surface area (Å²) in [5.74, 6) is 0.643. The van der Waals surface area contributed by atoms with Crippen LogP contribution in [0.3, 0.4) is 0 Å². The van der Waals surface area contributed by atoms with Gasteiger partial charge in [0.1, 0.15) is 0 Å². The molecule has 5 rings (SSSR count). The Kier molecular flexibility index (Phi) is 3.57. The first kappa shape index (κ1) is 14.8. The lowest BCUT2D eigenvalue weighted by molar-refractivity contribution is 0.401. The number of nitrogens with one attached hydrogen (secondary N) is 1. The summed E-state index contributed by atoms with van der Waals surface area (Å²) in [5, 5.41) is 4.44. The molecule has 0 aliphatic carbocycles. The van der Waals surface area contributed by atoms with E-state index in [2.05, 4.69) is 40.5 Å². The van der Waals surface area contributed by atoms with Gasteiger partial charge in [0.25, 0.3) is 0 Å². The van der Waals surface area contributed by atoms with Gasteiger partial charge in [-0.3, -0.25) is 0 Å². The van der Waals surface area contributed by atoms with Crippen LogP contribution < -0.4 is 10.2 Å². The SMILES string of the molecule is Clc1cccc(-c2cc3c4c(c2)[C@@H]2CNCC[C@@H]2N4CCCC3)c1. The molecule has 124 valence electrons. The Morgan fingerprint density at radius 3 is 2.96 bits per heavy atom. The summed E-state index contributed by atoms with van der Waals surface area (Å²) in [5.41, 5.74) is 7.26. The van der Waals surface area contributed by atoms with Gasteiger partial charge >= 0.3 is 0 Å². The number of rotatable bonds is 1. The minimum Gasteiger partial charge on any atom is -0.367 e. The van der Waals surface area contributed by atoms with Crippen molar-refractivity contribution in [2.45, 2.75) is 37.6 Å². The Balaban J connectivity index is 1.68. The number of benzene rings is 2. The molecule has 0 saturated carbocycles. The maximum atomic E-state index is 6.24. The van der Waals surface area contributed by atoms with Crippen LogP contribution in [0.1, 0.15) is 36.3 Å². The van der Waals surface area contributed by atoms with Crippen molar-refractivity contribution in [1.29, 1.82) is 0 Å². The van der Waals surface area contributed by atoms with Crippen LogP contribution in [0.4, 0.5) is 5.69 Å². The second kappa shape index (κ2) is 5.79. The van der Waals surface area contributed by atoms with Gasteiger partial charge in [-0.1, -0.05) is 23.7 Å². The van der Waals surface area contributed by atoms with Crippen LogP contribution in [0, 0.1) is 0 Å². The number of hydrogen-bond donors (Lipinski definition) is 1. The highest BCUT2D eigenvalue weighted by Crippen LogP contribution is 2.48. The molecule has 0 radical (unpaired) electrons. The number of halogens is 1. The van der Waals surface area contributed by atoms with Gasteiger partial charge in [-0.2, -0.15) is 0 Å². The third-order valence-corrected chi connectivity index (χ3v) is 6.24. The van der Waals surface area contributed by atoms with E-state index in [-0.39, 0.29) is 0 Å². The molecule has 2 nitrogen and oxygen atoms in total. The van der Waals surface area contributed by atoms with Crippen LogP contribution in [-0.4, -0.2) is 25.7 Å². The van der Waals surface area contributed by atoms with Crippen molar-refractivity contribution in [3.05, 3.63) is 52.5 Å². The molecule has 1 fully saturated rings. The highest BCUT2D eigenvalue weighted by atomic mass is 35.5. The Labute approximate surface area is 148 Å². The van der Waals surface area contributed by atoms with Crippen LogP contribution in [0.25, 0.3) is 11.1 Å². The molecular weight excluding hydrogens is 316 g/mol. The van der Waals surface area contributed by atoms with Crippen molar-refractivity contribution < 1.29 is 0 Å². The first-order valence-corrected chi connectivity index (χ1v) is 9.59. The summed E-state index contributed by atoms with van der Waals surface area (Å²) in [4.78, 5) is 2.74. The van der Waals surface area contributed by atoms with Crippen LogP contribution in [0.15, 0.2) is 36.4 Å². The highest BCUT2D eigenvalue weighted by molar-refractivity contribution is 6.30. The Bertz CT molecular complexity index is 785. The van der Waals surface area contributed by atoms with Crippen molar-refractivity contribution in [2.75, 3.05) is 24.5 Å². The predicted octanol–water partition coefficient (Wildman–Crippen LogP) is 4.61. The van der Waals surface area contributed by atoms with E-state index in [1.165, 1.54) is 43.4 Å². The van der Waals surface area contributed by atoms with Crippen LogP contribution in [0.2, 0.25) is 5.02 Å². The molecule has 0 aromatic heterocycles. The first-order chi connectivity index (χ1) is 11.8. The summed E-state index contributed by atoms with van der Waals surface area (Å²) >= 11 is 6.24. The second-order valence-electron chi connectivity index (χ2n) is 7.40. The summed E-state index contributed by atoms with van der Waals surface area (Å²) < 4.78 is 0. The van der Waals surface area contributed by atoms with Gasteiger partial charge in [0.2, 0.25) is 0 Å². The molecule has 1 saturated heterocycles. The lowest BCUT2D eigenvalue weighted by atomic mass is 9.87. The molecule has 2 aromatic rings. The lowest BCUT2D eigenvalue weighted by Gasteiger charge is -2.33. The van der Waals surface area contributed by atoms with Crippen molar-refractivity contribution >= 4 is 17.3 Å². The highest BCUT2D eigenvalue weighted by Gasteiger charge is 2.41. The molecule has 0 unspecified atom stereocenters. The minimum absolute atomic E-state index is 0.643. The molecule has 1 N–H and O–H groups in total. The van der Waals surface area contributed by atoms with Crippen molar-refractivity contribution in [3.63, 3.8) is 0 Å². The third-order valence-electron chi connectivity index (χ3n) is 6.00. The standard InChI is InChI=1S/C21H23ClN2/c22-17-6-3-5-14(11-17)16-10-15-4-1-2-9-24-20-7-8-23-13-19(20)18(12-16)21(15)24/h3,5-6,10-12,19-20,23H,1-2,4,7-9,13H2/t19-,20-/m0/s1. The molecule has 0 amide bonds. The van der Waals surface area contributed by atoms with E-state index in [1.807, 2.05) is 6.07 Å². The Hall–Kier alpha value is -1.51. The van der Waals surface area contributed by atoms with E-state index in [9.17, 15) is 0 Å². The summed E-state index contributed by atoms with van der Waals surface area (Å²) in [7, 11) is 0. The van der Waals surface area contributed by atoms with Gasteiger partial charge in [0.05, 0.1) is 0 Å². The Morgan fingerprint density at radius 2 is 2.04 bits per heavy atom. The van der Waals surface area contributed by atoms with Crippen molar-refractivity contribution in [2.24, 2.45) is 0 Å². The van der Waals surface area contributed by atoms with Gasteiger partial charge in [0, 0.05) is 35.8 Å². The lowest BCUT2D eigenvalue weighted by Crippen LogP contribution is -2.44. The van der Waals surface area contributed by atoms with Crippen LogP contribution in [0.5, 0.6) is 0 Å². The number of anilines is 1. The molecular formula is C21H23ClN2. The van der Waals surface area contributed by atoms with Crippen LogP contribution in [-0.2, 0) is 6.42 Å². The van der Waals surface area contributed by atoms with Crippen LogP contribution >= 0.6 is 11.6 Å². The largest absolute Gasteiger partial charge is 0.367 e. The molecule has 3 aliphatic rings. The monoisotopic (exact) mass is 338 g/mol. The second-order valence-corrected chi connectivity index (χ2v) is 7.84. The predicted molar refractivity (Wildman–Crippen MR) is 101 cm³/mol. The van der Waals surface area contributed by atoms with E-state index in [0.717, 1.165) is 18.1 Å². The number of nitrogens with zero attached hydrogens (tertiary/aromatic N) is 1. The number of aryl methyl sites for hydroxylation is 1. The number of piperidine rings is 1. The first-order valence-electron chi connectivity index (χ1n) is 9.21. The smallest absolute Gasteiger partial charge is 0.0438 e. The summed E-state index contributed by atoms with van der Waals surface area (Å²) in [6, 6.07) is 13.9. The third kappa shape index (κ3) is 2.28. The zero-order valence-corrected chi connectivity index (χ0v) is 14.6. The molecule has 3 aliphatic heterocycles. The van der Waals surface area contributed by atoms with E-state index in [1.54, 1.807) is 16.8 Å². The average molecular weight is 339 g/mol. The Morgan fingerprint density at radius 1 is 1.08 bits per heavy atom. The maximum absolute atomic E-state index is 6.24. The van der Waals surface area contributed by atoms with E-state index < -0.39 is 0 Å². The fourth-order valence-electron chi connectivity index (χ4n) is 4.95.